The topological polar surface area (TPSA) is 79.5 Å². The van der Waals surface area contributed by atoms with Crippen LogP contribution in [0, 0.1) is 0 Å². The molecule has 1 fully saturated rings. The van der Waals surface area contributed by atoms with E-state index in [2.05, 4.69) is 4.72 Å². The highest BCUT2D eigenvalue weighted by Crippen LogP contribution is 2.27. The molecule has 1 aliphatic carbocycles. The summed E-state index contributed by atoms with van der Waals surface area (Å²) in [6.07, 6.45) is 3.25. The standard InChI is InChI=1S/C11H17NO4S/c1-11(13,7-9-3-2-6-16-9)8-12-17(14,15)10-4-5-10/h2-3,6,10,12-13H,4-5,7-8H2,1H3/t11-/m0/s1. The van der Waals surface area contributed by atoms with Gasteiger partial charge in [0.25, 0.3) is 0 Å². The molecule has 1 heterocycles. The van der Waals surface area contributed by atoms with Crippen molar-refractivity contribution in [3.05, 3.63) is 24.2 Å². The van der Waals surface area contributed by atoms with Gasteiger partial charge in [-0.3, -0.25) is 0 Å². The van der Waals surface area contributed by atoms with Gasteiger partial charge in [-0.05, 0) is 31.9 Å². The van der Waals surface area contributed by atoms with Crippen molar-refractivity contribution >= 4 is 10.0 Å². The van der Waals surface area contributed by atoms with Crippen LogP contribution in [0.3, 0.4) is 0 Å². The Kier molecular flexibility index (Phi) is 3.29. The second kappa shape index (κ2) is 4.44. The minimum Gasteiger partial charge on any atom is -0.469 e. The number of hydrogen-bond donors (Lipinski definition) is 2. The summed E-state index contributed by atoms with van der Waals surface area (Å²) >= 11 is 0. The van der Waals surface area contributed by atoms with E-state index in [0.717, 1.165) is 12.8 Å². The normalized spacial score (nSPS) is 20.1. The summed E-state index contributed by atoms with van der Waals surface area (Å²) in [6, 6.07) is 3.49. The molecule has 0 spiro atoms. The molecule has 5 nitrogen and oxygen atoms in total. The van der Waals surface area contributed by atoms with Crippen LogP contribution in [0.1, 0.15) is 25.5 Å². The number of sulfonamides is 1. The van der Waals surface area contributed by atoms with E-state index in [1.807, 2.05) is 0 Å². The first-order valence-corrected chi connectivity index (χ1v) is 7.17. The van der Waals surface area contributed by atoms with Crippen LogP contribution in [0.5, 0.6) is 0 Å². The van der Waals surface area contributed by atoms with E-state index in [1.54, 1.807) is 19.1 Å². The van der Waals surface area contributed by atoms with Gasteiger partial charge in [-0.25, -0.2) is 13.1 Å². The molecule has 0 bridgehead atoms. The predicted octanol–water partition coefficient (Wildman–Crippen LogP) is 0.655. The molecule has 1 aliphatic rings. The van der Waals surface area contributed by atoms with Crippen LogP contribution in [0.2, 0.25) is 0 Å². The van der Waals surface area contributed by atoms with E-state index in [0.29, 0.717) is 5.76 Å². The minimum atomic E-state index is -3.24. The predicted molar refractivity (Wildman–Crippen MR) is 63.0 cm³/mol. The van der Waals surface area contributed by atoms with Crippen molar-refractivity contribution in [2.45, 2.75) is 37.0 Å². The molecule has 0 aromatic carbocycles. The average molecular weight is 259 g/mol. The Morgan fingerprint density at radius 2 is 2.29 bits per heavy atom. The third kappa shape index (κ3) is 3.55. The van der Waals surface area contributed by atoms with Gasteiger partial charge >= 0.3 is 0 Å². The maximum atomic E-state index is 11.6. The monoisotopic (exact) mass is 259 g/mol. The zero-order valence-electron chi connectivity index (χ0n) is 9.72. The molecule has 2 rings (SSSR count). The SMILES string of the molecule is C[C@@](O)(CNS(=O)(=O)C1CC1)Cc1ccco1. The summed E-state index contributed by atoms with van der Waals surface area (Å²) in [5, 5.41) is 9.80. The van der Waals surface area contributed by atoms with Crippen LogP contribution in [0.25, 0.3) is 0 Å². The lowest BCUT2D eigenvalue weighted by Crippen LogP contribution is -2.43. The van der Waals surface area contributed by atoms with Gasteiger partial charge in [0.1, 0.15) is 5.76 Å². The Labute approximate surface area is 101 Å². The van der Waals surface area contributed by atoms with E-state index in [1.165, 1.54) is 6.26 Å². The number of aliphatic hydroxyl groups is 1. The molecular weight excluding hydrogens is 242 g/mol. The molecular formula is C11H17NO4S. The average Bonchev–Trinajstić information content (AvgIpc) is 2.98. The molecule has 1 aromatic rings. The molecule has 0 radical (unpaired) electrons. The van der Waals surface area contributed by atoms with Crippen LogP contribution in [-0.4, -0.2) is 30.9 Å². The summed E-state index contributed by atoms with van der Waals surface area (Å²) in [5.41, 5.74) is -1.14. The molecule has 0 saturated heterocycles. The van der Waals surface area contributed by atoms with Gasteiger partial charge in [-0.2, -0.15) is 0 Å². The van der Waals surface area contributed by atoms with Crippen LogP contribution in [0.4, 0.5) is 0 Å². The van der Waals surface area contributed by atoms with Gasteiger partial charge < -0.3 is 9.52 Å². The van der Waals surface area contributed by atoms with Crippen LogP contribution in [-0.2, 0) is 16.4 Å². The van der Waals surface area contributed by atoms with Gasteiger partial charge in [0.15, 0.2) is 0 Å². The fourth-order valence-electron chi connectivity index (χ4n) is 1.60. The van der Waals surface area contributed by atoms with Crippen molar-refractivity contribution in [1.82, 2.24) is 4.72 Å². The highest BCUT2D eigenvalue weighted by atomic mass is 32.2. The zero-order valence-corrected chi connectivity index (χ0v) is 10.5. The third-order valence-corrected chi connectivity index (χ3v) is 4.65. The lowest BCUT2D eigenvalue weighted by Gasteiger charge is -2.22. The molecule has 1 atom stereocenters. The minimum absolute atomic E-state index is 0.00648. The summed E-state index contributed by atoms with van der Waals surface area (Å²) in [4.78, 5) is 0. The van der Waals surface area contributed by atoms with E-state index in [9.17, 15) is 13.5 Å². The highest BCUT2D eigenvalue weighted by Gasteiger charge is 2.36. The Morgan fingerprint density at radius 1 is 1.59 bits per heavy atom. The van der Waals surface area contributed by atoms with Gasteiger partial charge in [0, 0.05) is 13.0 Å². The Morgan fingerprint density at radius 3 is 2.82 bits per heavy atom. The van der Waals surface area contributed by atoms with Gasteiger partial charge in [0.05, 0.1) is 17.1 Å². The van der Waals surface area contributed by atoms with Crippen molar-refractivity contribution in [3.63, 3.8) is 0 Å². The van der Waals surface area contributed by atoms with Gasteiger partial charge in [0.2, 0.25) is 10.0 Å². The van der Waals surface area contributed by atoms with Crippen molar-refractivity contribution in [2.24, 2.45) is 0 Å². The zero-order chi connectivity index (χ0) is 12.5. The first kappa shape index (κ1) is 12.6. The molecule has 17 heavy (non-hydrogen) atoms. The number of hydrogen-bond acceptors (Lipinski definition) is 4. The van der Waals surface area contributed by atoms with Crippen LogP contribution < -0.4 is 4.72 Å². The van der Waals surface area contributed by atoms with Crippen molar-refractivity contribution < 1.29 is 17.9 Å². The quantitative estimate of drug-likeness (QED) is 0.786. The van der Waals surface area contributed by atoms with Crippen molar-refractivity contribution in [3.8, 4) is 0 Å². The molecule has 0 aliphatic heterocycles. The Bertz CT molecular complexity index is 460. The molecule has 0 amide bonds. The second-order valence-corrected chi connectivity index (χ2v) is 6.86. The molecule has 0 unspecified atom stereocenters. The van der Waals surface area contributed by atoms with E-state index >= 15 is 0 Å². The largest absolute Gasteiger partial charge is 0.469 e. The molecule has 1 aromatic heterocycles. The Balaban J connectivity index is 1.88. The maximum Gasteiger partial charge on any atom is 0.214 e. The number of nitrogens with one attached hydrogen (secondary N) is 1. The molecule has 1 saturated carbocycles. The second-order valence-electron chi connectivity index (χ2n) is 4.82. The van der Waals surface area contributed by atoms with Crippen LogP contribution >= 0.6 is 0 Å². The summed E-state index contributed by atoms with van der Waals surface area (Å²) < 4.78 is 30.8. The molecule has 2 N–H and O–H groups in total. The highest BCUT2D eigenvalue weighted by molar-refractivity contribution is 7.90. The lowest BCUT2D eigenvalue weighted by atomic mass is 10.0. The third-order valence-electron chi connectivity index (χ3n) is 2.75. The van der Waals surface area contributed by atoms with E-state index in [-0.39, 0.29) is 18.2 Å². The molecule has 96 valence electrons. The Hall–Kier alpha value is -0.850. The van der Waals surface area contributed by atoms with Crippen LogP contribution in [0.15, 0.2) is 22.8 Å². The summed E-state index contributed by atoms with van der Waals surface area (Å²) in [6.45, 7) is 1.59. The van der Waals surface area contributed by atoms with Crippen molar-refractivity contribution in [2.75, 3.05) is 6.54 Å². The van der Waals surface area contributed by atoms with Gasteiger partial charge in [-0.15, -0.1) is 0 Å². The first-order chi connectivity index (χ1) is 7.89. The lowest BCUT2D eigenvalue weighted by molar-refractivity contribution is 0.0603. The molecule has 6 heteroatoms. The van der Waals surface area contributed by atoms with E-state index < -0.39 is 15.6 Å². The van der Waals surface area contributed by atoms with Crippen molar-refractivity contribution in [1.29, 1.82) is 0 Å². The fraction of sp³-hybridized carbons (Fsp3) is 0.636. The number of rotatable bonds is 6. The summed E-state index contributed by atoms with van der Waals surface area (Å²) in [7, 11) is -3.24. The maximum absolute atomic E-state index is 11.6. The summed E-state index contributed by atoms with van der Waals surface area (Å²) in [5.74, 6) is 0.639. The first-order valence-electron chi connectivity index (χ1n) is 5.62. The number of furan rings is 1. The fourth-order valence-corrected chi connectivity index (χ4v) is 3.11. The van der Waals surface area contributed by atoms with E-state index in [4.69, 9.17) is 4.42 Å². The smallest absolute Gasteiger partial charge is 0.214 e. The van der Waals surface area contributed by atoms with Gasteiger partial charge in [-0.1, -0.05) is 0 Å².